The van der Waals surface area contributed by atoms with Crippen LogP contribution in [0.25, 0.3) is 11.5 Å². The minimum absolute atomic E-state index is 0.00304. The lowest BCUT2D eigenvalue weighted by Crippen LogP contribution is -2.37. The molecule has 0 aliphatic carbocycles. The van der Waals surface area contributed by atoms with Gasteiger partial charge >= 0.3 is 0 Å². The molecule has 2 aliphatic rings. The van der Waals surface area contributed by atoms with Crippen molar-refractivity contribution in [3.05, 3.63) is 59.0 Å². The van der Waals surface area contributed by atoms with E-state index in [0.29, 0.717) is 19.0 Å². The van der Waals surface area contributed by atoms with Crippen LogP contribution in [0.1, 0.15) is 55.6 Å². The highest BCUT2D eigenvalue weighted by molar-refractivity contribution is 5.78. The standard InChI is InChI=1S/C29H36N4O3/c1-19(2)28(34)33-13-10-25-23(18-33)16-26(36-25)27-20(3)17-30-29(32-27)31-24-8-6-21(7-9-24)4-5-22-11-14-35-15-12-22/h6-9,16-17,19,22H,4-5,10-15,18H2,1-3H3,(H,30,31,32). The molecule has 2 aromatic heterocycles. The monoisotopic (exact) mass is 488 g/mol. The van der Waals surface area contributed by atoms with Crippen LogP contribution in [0.3, 0.4) is 0 Å². The zero-order valence-electron chi connectivity index (χ0n) is 21.5. The van der Waals surface area contributed by atoms with Gasteiger partial charge in [0.1, 0.15) is 11.5 Å². The molecule has 7 nitrogen and oxygen atoms in total. The maximum absolute atomic E-state index is 12.4. The second-order valence-corrected chi connectivity index (χ2v) is 10.4. The lowest BCUT2D eigenvalue weighted by Gasteiger charge is -2.27. The number of anilines is 2. The van der Waals surface area contributed by atoms with E-state index in [1.54, 1.807) is 0 Å². The first-order chi connectivity index (χ1) is 17.5. The van der Waals surface area contributed by atoms with Crippen LogP contribution in [0.2, 0.25) is 0 Å². The fourth-order valence-electron chi connectivity index (χ4n) is 5.04. The van der Waals surface area contributed by atoms with Crippen LogP contribution >= 0.6 is 0 Å². The summed E-state index contributed by atoms with van der Waals surface area (Å²) >= 11 is 0. The van der Waals surface area contributed by atoms with E-state index < -0.39 is 0 Å². The number of hydrogen-bond donors (Lipinski definition) is 1. The van der Waals surface area contributed by atoms with Crippen LogP contribution < -0.4 is 5.32 Å². The van der Waals surface area contributed by atoms with Crippen LogP contribution in [-0.2, 0) is 28.9 Å². The largest absolute Gasteiger partial charge is 0.459 e. The predicted molar refractivity (Wildman–Crippen MR) is 140 cm³/mol. The Hall–Kier alpha value is -3.19. The van der Waals surface area contributed by atoms with Crippen molar-refractivity contribution in [2.24, 2.45) is 11.8 Å². The molecule has 0 radical (unpaired) electrons. The zero-order valence-corrected chi connectivity index (χ0v) is 21.5. The number of benzene rings is 1. The van der Waals surface area contributed by atoms with Gasteiger partial charge in [-0.05, 0) is 67.9 Å². The van der Waals surface area contributed by atoms with Gasteiger partial charge in [-0.3, -0.25) is 4.79 Å². The van der Waals surface area contributed by atoms with Gasteiger partial charge < -0.3 is 19.4 Å². The van der Waals surface area contributed by atoms with Crippen LogP contribution in [0, 0.1) is 18.8 Å². The first kappa shape index (κ1) is 24.5. The SMILES string of the molecule is Cc1cnc(Nc2ccc(CCC3CCOCC3)cc2)nc1-c1cc2c(o1)CCN(C(=O)C(C)C)C2. The Morgan fingerprint density at radius 1 is 1.19 bits per heavy atom. The van der Waals surface area contributed by atoms with Crippen LogP contribution in [-0.4, -0.2) is 40.5 Å². The molecule has 1 saturated heterocycles. The van der Waals surface area contributed by atoms with Gasteiger partial charge in [-0.2, -0.15) is 0 Å². The highest BCUT2D eigenvalue weighted by Crippen LogP contribution is 2.31. The van der Waals surface area contributed by atoms with Gasteiger partial charge in [-0.25, -0.2) is 9.97 Å². The van der Waals surface area contributed by atoms with Crippen molar-refractivity contribution < 1.29 is 13.9 Å². The third kappa shape index (κ3) is 5.62. The summed E-state index contributed by atoms with van der Waals surface area (Å²) in [6.07, 6.45) is 7.23. The van der Waals surface area contributed by atoms with E-state index >= 15 is 0 Å². The number of carbonyl (C=O) groups is 1. The molecule has 1 amide bonds. The lowest BCUT2D eigenvalue weighted by molar-refractivity contribution is -0.135. The Balaban J connectivity index is 1.25. The van der Waals surface area contributed by atoms with Crippen molar-refractivity contribution in [1.29, 1.82) is 0 Å². The summed E-state index contributed by atoms with van der Waals surface area (Å²) in [4.78, 5) is 23.6. The highest BCUT2D eigenvalue weighted by Gasteiger charge is 2.26. The number of rotatable bonds is 7. The van der Waals surface area contributed by atoms with Crippen LogP contribution in [0.5, 0.6) is 0 Å². The van der Waals surface area contributed by atoms with E-state index in [1.807, 2.05) is 37.9 Å². The van der Waals surface area contributed by atoms with Crippen molar-refractivity contribution in [2.45, 2.75) is 59.4 Å². The molecule has 0 saturated carbocycles. The topological polar surface area (TPSA) is 80.5 Å². The van der Waals surface area contributed by atoms with E-state index in [4.69, 9.17) is 14.1 Å². The Kier molecular flexibility index (Phi) is 7.37. The average Bonchev–Trinajstić information content (AvgIpc) is 3.32. The summed E-state index contributed by atoms with van der Waals surface area (Å²) in [5, 5.41) is 3.34. The molecular formula is C29H36N4O3. The van der Waals surface area contributed by atoms with E-state index in [0.717, 1.165) is 66.0 Å². The second-order valence-electron chi connectivity index (χ2n) is 10.4. The average molecular weight is 489 g/mol. The van der Waals surface area contributed by atoms with E-state index in [1.165, 1.54) is 24.8 Å². The summed E-state index contributed by atoms with van der Waals surface area (Å²) < 4.78 is 11.7. The number of aryl methyl sites for hydroxylation is 2. The summed E-state index contributed by atoms with van der Waals surface area (Å²) in [5.41, 5.74) is 5.10. The Morgan fingerprint density at radius 3 is 2.72 bits per heavy atom. The van der Waals surface area contributed by atoms with Crippen molar-refractivity contribution in [2.75, 3.05) is 25.1 Å². The summed E-state index contributed by atoms with van der Waals surface area (Å²) in [6, 6.07) is 10.6. The number of amides is 1. The van der Waals surface area contributed by atoms with Crippen molar-refractivity contribution >= 4 is 17.5 Å². The molecule has 1 fully saturated rings. The Bertz CT molecular complexity index is 1200. The molecule has 7 heteroatoms. The van der Waals surface area contributed by atoms with Gasteiger partial charge in [0.25, 0.3) is 0 Å². The van der Waals surface area contributed by atoms with E-state index in [9.17, 15) is 4.79 Å². The molecule has 1 N–H and O–H groups in total. The third-order valence-corrected chi connectivity index (χ3v) is 7.27. The number of furan rings is 1. The molecule has 2 aliphatic heterocycles. The van der Waals surface area contributed by atoms with Crippen LogP contribution in [0.4, 0.5) is 11.6 Å². The van der Waals surface area contributed by atoms with Gasteiger partial charge in [0.15, 0.2) is 5.76 Å². The molecule has 0 bridgehead atoms. The van der Waals surface area contributed by atoms with Crippen LogP contribution in [0.15, 0.2) is 40.9 Å². The van der Waals surface area contributed by atoms with Gasteiger partial charge in [0.05, 0.1) is 0 Å². The normalized spacial score (nSPS) is 16.3. The molecule has 0 spiro atoms. The van der Waals surface area contributed by atoms with Gasteiger partial charge in [-0.15, -0.1) is 0 Å². The number of ether oxygens (including phenoxy) is 1. The number of aromatic nitrogens is 2. The number of hydrogen-bond acceptors (Lipinski definition) is 6. The van der Waals surface area contributed by atoms with E-state index in [-0.39, 0.29) is 11.8 Å². The lowest BCUT2D eigenvalue weighted by atomic mass is 9.93. The zero-order chi connectivity index (χ0) is 25.1. The number of carbonyl (C=O) groups excluding carboxylic acids is 1. The summed E-state index contributed by atoms with van der Waals surface area (Å²) in [6.45, 7) is 8.97. The molecular weight excluding hydrogens is 452 g/mol. The molecule has 5 rings (SSSR count). The molecule has 3 aromatic rings. The van der Waals surface area contributed by atoms with E-state index in [2.05, 4.69) is 34.6 Å². The smallest absolute Gasteiger partial charge is 0.227 e. The first-order valence-corrected chi connectivity index (χ1v) is 13.1. The summed E-state index contributed by atoms with van der Waals surface area (Å²) in [5.74, 6) is 3.17. The van der Waals surface area contributed by atoms with Gasteiger partial charge in [0, 0.05) is 56.1 Å². The first-order valence-electron chi connectivity index (χ1n) is 13.1. The minimum atomic E-state index is -0.00304. The van der Waals surface area contributed by atoms with Crippen molar-refractivity contribution in [3.63, 3.8) is 0 Å². The third-order valence-electron chi connectivity index (χ3n) is 7.27. The maximum atomic E-state index is 12.4. The Morgan fingerprint density at radius 2 is 1.97 bits per heavy atom. The quantitative estimate of drug-likeness (QED) is 0.460. The fraction of sp³-hybridized carbons (Fsp3) is 0.483. The molecule has 190 valence electrons. The maximum Gasteiger partial charge on any atom is 0.227 e. The molecule has 1 aromatic carbocycles. The number of fused-ring (bicyclic) bond motifs is 1. The summed E-state index contributed by atoms with van der Waals surface area (Å²) in [7, 11) is 0. The predicted octanol–water partition coefficient (Wildman–Crippen LogP) is 5.69. The number of nitrogens with zero attached hydrogens (tertiary/aromatic N) is 3. The van der Waals surface area contributed by atoms with Gasteiger partial charge in [-0.1, -0.05) is 26.0 Å². The molecule has 0 unspecified atom stereocenters. The number of nitrogens with one attached hydrogen (secondary N) is 1. The Labute approximate surface area is 213 Å². The fourth-order valence-corrected chi connectivity index (χ4v) is 5.04. The molecule has 4 heterocycles. The van der Waals surface area contributed by atoms with Gasteiger partial charge in [0.2, 0.25) is 11.9 Å². The minimum Gasteiger partial charge on any atom is -0.459 e. The molecule has 0 atom stereocenters. The van der Waals surface area contributed by atoms with Crippen molar-refractivity contribution in [3.8, 4) is 11.5 Å². The second kappa shape index (κ2) is 10.8. The van der Waals surface area contributed by atoms with Crippen molar-refractivity contribution in [1.82, 2.24) is 14.9 Å². The molecule has 36 heavy (non-hydrogen) atoms. The highest BCUT2D eigenvalue weighted by atomic mass is 16.5.